The zero-order valence-electron chi connectivity index (χ0n) is 7.10. The van der Waals surface area contributed by atoms with E-state index in [1.54, 1.807) is 18.6 Å². The van der Waals surface area contributed by atoms with Gasteiger partial charge in [0.1, 0.15) is 0 Å². The summed E-state index contributed by atoms with van der Waals surface area (Å²) >= 11 is 3.30. The van der Waals surface area contributed by atoms with Crippen molar-refractivity contribution in [2.75, 3.05) is 7.05 Å². The van der Waals surface area contributed by atoms with Crippen LogP contribution in [0.15, 0.2) is 0 Å². The minimum absolute atomic E-state index is 0.199. The summed E-state index contributed by atoms with van der Waals surface area (Å²) in [7, 11) is -2.32. The highest BCUT2D eigenvalue weighted by atomic mass is 32.2. The number of rotatable bonds is 3. The highest BCUT2D eigenvalue weighted by Crippen LogP contribution is 2.00. The van der Waals surface area contributed by atoms with Crippen LogP contribution in [0.4, 0.5) is 4.79 Å². The Balaban J connectivity index is 4.52. The molecule has 0 radical (unpaired) electrons. The van der Waals surface area contributed by atoms with Crippen LogP contribution >= 0.6 is 12.6 Å². The summed E-state index contributed by atoms with van der Waals surface area (Å²) in [6.07, 6.45) is 0. The Hall–Kier alpha value is -0.270. The SMILES string of the molecule is CC(C)N(C)S(=O)(=O)NC(=O)S. The van der Waals surface area contributed by atoms with Crippen LogP contribution in [0.5, 0.6) is 0 Å². The maximum Gasteiger partial charge on any atom is 0.304 e. The van der Waals surface area contributed by atoms with Gasteiger partial charge in [0.2, 0.25) is 0 Å². The predicted molar refractivity (Wildman–Crippen MR) is 49.3 cm³/mol. The van der Waals surface area contributed by atoms with Crippen LogP contribution in [0.1, 0.15) is 13.8 Å². The Morgan fingerprint density at radius 1 is 1.50 bits per heavy atom. The maximum absolute atomic E-state index is 11.1. The standard InChI is InChI=1S/C5H12N2O3S2/c1-4(2)7(3)12(9,10)6-5(8)11/h4H,1-3H3,(H2,6,8,11). The van der Waals surface area contributed by atoms with Crippen LogP contribution in [-0.2, 0) is 10.2 Å². The topological polar surface area (TPSA) is 66.5 Å². The van der Waals surface area contributed by atoms with Gasteiger partial charge >= 0.3 is 10.2 Å². The molecule has 0 atom stereocenters. The van der Waals surface area contributed by atoms with Crippen molar-refractivity contribution in [2.45, 2.75) is 19.9 Å². The summed E-state index contributed by atoms with van der Waals surface area (Å²) in [6, 6.07) is -0.199. The predicted octanol–water partition coefficient (Wildman–Crippen LogP) is 0.211. The molecule has 0 saturated heterocycles. The van der Waals surface area contributed by atoms with Gasteiger partial charge in [-0.2, -0.15) is 12.7 Å². The first kappa shape index (κ1) is 11.7. The molecule has 0 fully saturated rings. The maximum atomic E-state index is 11.1. The monoisotopic (exact) mass is 212 g/mol. The molecular weight excluding hydrogens is 200 g/mol. The molecule has 1 amide bonds. The average Bonchev–Trinajstić information content (AvgIpc) is 1.82. The van der Waals surface area contributed by atoms with Crippen LogP contribution in [0.2, 0.25) is 0 Å². The third kappa shape index (κ3) is 3.42. The molecule has 5 nitrogen and oxygen atoms in total. The Morgan fingerprint density at radius 3 is 2.17 bits per heavy atom. The van der Waals surface area contributed by atoms with Gasteiger partial charge in [0.05, 0.1) is 0 Å². The van der Waals surface area contributed by atoms with E-state index < -0.39 is 15.4 Å². The lowest BCUT2D eigenvalue weighted by molar-refractivity contribution is 0.264. The van der Waals surface area contributed by atoms with Gasteiger partial charge < -0.3 is 0 Å². The van der Waals surface area contributed by atoms with E-state index in [4.69, 9.17) is 0 Å². The fourth-order valence-corrected chi connectivity index (χ4v) is 1.73. The summed E-state index contributed by atoms with van der Waals surface area (Å²) in [5.41, 5.74) is 0. The number of nitrogens with one attached hydrogen (secondary N) is 1. The van der Waals surface area contributed by atoms with Gasteiger partial charge in [-0.25, -0.2) is 4.72 Å². The smallest absolute Gasteiger partial charge is 0.261 e. The number of thiol groups is 1. The Morgan fingerprint density at radius 2 is 1.92 bits per heavy atom. The normalized spacial score (nSPS) is 12.2. The molecule has 0 aromatic carbocycles. The third-order valence-electron chi connectivity index (χ3n) is 1.32. The Kier molecular flexibility index (Phi) is 4.01. The van der Waals surface area contributed by atoms with Gasteiger partial charge in [-0.15, -0.1) is 0 Å². The van der Waals surface area contributed by atoms with Crippen molar-refractivity contribution in [2.24, 2.45) is 0 Å². The Labute approximate surface area is 77.7 Å². The lowest BCUT2D eigenvalue weighted by Crippen LogP contribution is -2.42. The highest BCUT2D eigenvalue weighted by molar-refractivity contribution is 7.99. The number of carbonyl (C=O) groups excluding carboxylic acids is 1. The number of hydrogen-bond acceptors (Lipinski definition) is 3. The van der Waals surface area contributed by atoms with Gasteiger partial charge in [-0.3, -0.25) is 4.79 Å². The molecule has 0 aromatic rings. The quantitative estimate of drug-likeness (QED) is 0.657. The van der Waals surface area contributed by atoms with Crippen molar-refractivity contribution < 1.29 is 13.2 Å². The van der Waals surface area contributed by atoms with Crippen LogP contribution < -0.4 is 4.72 Å². The summed E-state index contributed by atoms with van der Waals surface area (Å²) in [5, 5.41) is -0.887. The first-order chi connectivity index (χ1) is 5.27. The van der Waals surface area contributed by atoms with Gasteiger partial charge in [0.25, 0.3) is 5.24 Å². The lowest BCUT2D eigenvalue weighted by atomic mass is 10.4. The number of nitrogens with zero attached hydrogens (tertiary/aromatic N) is 1. The molecule has 1 N–H and O–H groups in total. The molecule has 0 rings (SSSR count). The second-order valence-electron chi connectivity index (χ2n) is 2.52. The highest BCUT2D eigenvalue weighted by Gasteiger charge is 2.21. The summed E-state index contributed by atoms with van der Waals surface area (Å²) in [6.45, 7) is 3.39. The van der Waals surface area contributed by atoms with Gasteiger partial charge in [-0.1, -0.05) is 12.6 Å². The summed E-state index contributed by atoms with van der Waals surface area (Å²) in [5.74, 6) is 0. The molecule has 0 aromatic heterocycles. The minimum Gasteiger partial charge on any atom is -0.261 e. The van der Waals surface area contributed by atoms with E-state index in [2.05, 4.69) is 12.6 Å². The van der Waals surface area contributed by atoms with Crippen molar-refractivity contribution >= 4 is 28.1 Å². The lowest BCUT2D eigenvalue weighted by Gasteiger charge is -2.19. The van der Waals surface area contributed by atoms with Crippen molar-refractivity contribution in [3.8, 4) is 0 Å². The van der Waals surface area contributed by atoms with E-state index in [1.165, 1.54) is 7.05 Å². The van der Waals surface area contributed by atoms with Gasteiger partial charge in [0.15, 0.2) is 0 Å². The van der Waals surface area contributed by atoms with E-state index in [0.717, 1.165) is 4.31 Å². The second-order valence-corrected chi connectivity index (χ2v) is 4.66. The van der Waals surface area contributed by atoms with Crippen LogP contribution in [0.3, 0.4) is 0 Å². The first-order valence-electron chi connectivity index (χ1n) is 3.26. The molecule has 72 valence electrons. The van der Waals surface area contributed by atoms with Crippen molar-refractivity contribution in [1.29, 1.82) is 0 Å². The first-order valence-corrected chi connectivity index (χ1v) is 5.15. The van der Waals surface area contributed by atoms with Crippen LogP contribution in [-0.4, -0.2) is 31.1 Å². The molecule has 12 heavy (non-hydrogen) atoms. The van der Waals surface area contributed by atoms with E-state index >= 15 is 0 Å². The summed E-state index contributed by atoms with van der Waals surface area (Å²) in [4.78, 5) is 10.3. The third-order valence-corrected chi connectivity index (χ3v) is 3.21. The summed E-state index contributed by atoms with van der Waals surface area (Å²) < 4.78 is 25.0. The van der Waals surface area contributed by atoms with Gasteiger partial charge in [-0.05, 0) is 13.8 Å². The number of carbonyl (C=O) groups is 1. The van der Waals surface area contributed by atoms with Crippen molar-refractivity contribution in [3.05, 3.63) is 0 Å². The zero-order chi connectivity index (χ0) is 9.94. The number of hydrogen-bond donors (Lipinski definition) is 2. The molecular formula is C5H12N2O3S2. The number of amides is 1. The largest absolute Gasteiger partial charge is 0.304 e. The molecule has 7 heteroatoms. The molecule has 0 aliphatic heterocycles. The second kappa shape index (κ2) is 4.11. The van der Waals surface area contributed by atoms with Crippen molar-refractivity contribution in [1.82, 2.24) is 9.03 Å². The fourth-order valence-electron chi connectivity index (χ4n) is 0.460. The van der Waals surface area contributed by atoms with E-state index in [0.29, 0.717) is 0 Å². The average molecular weight is 212 g/mol. The Bertz CT molecular complexity index is 260. The molecule has 0 spiro atoms. The molecule has 0 aliphatic rings. The zero-order valence-corrected chi connectivity index (χ0v) is 8.82. The minimum atomic E-state index is -3.70. The molecule has 0 saturated carbocycles. The molecule has 0 unspecified atom stereocenters. The fraction of sp³-hybridized carbons (Fsp3) is 0.800. The molecule has 0 heterocycles. The van der Waals surface area contributed by atoms with Crippen LogP contribution in [0, 0.1) is 0 Å². The molecule has 0 aliphatic carbocycles. The van der Waals surface area contributed by atoms with Crippen LogP contribution in [0.25, 0.3) is 0 Å². The molecule has 0 bridgehead atoms. The van der Waals surface area contributed by atoms with E-state index in [-0.39, 0.29) is 6.04 Å². The van der Waals surface area contributed by atoms with Gasteiger partial charge in [0, 0.05) is 13.1 Å². The van der Waals surface area contributed by atoms with Crippen molar-refractivity contribution in [3.63, 3.8) is 0 Å². The van der Waals surface area contributed by atoms with E-state index in [9.17, 15) is 13.2 Å². The van der Waals surface area contributed by atoms with E-state index in [1.807, 2.05) is 0 Å².